The van der Waals surface area contributed by atoms with E-state index in [9.17, 15) is 4.79 Å². The lowest BCUT2D eigenvalue weighted by Crippen LogP contribution is -2.31. The van der Waals surface area contributed by atoms with E-state index in [4.69, 9.17) is 0 Å². The molecule has 0 radical (unpaired) electrons. The molecule has 0 aromatic carbocycles. The van der Waals surface area contributed by atoms with Gasteiger partial charge < -0.3 is 4.98 Å². The average molecular weight is 296 g/mol. The number of hydrogen-bond acceptors (Lipinski definition) is 4. The minimum atomic E-state index is -0.0677. The molecule has 0 saturated heterocycles. The summed E-state index contributed by atoms with van der Waals surface area (Å²) in [7, 11) is 0. The van der Waals surface area contributed by atoms with E-state index in [2.05, 4.69) is 32.0 Å². The fourth-order valence-electron chi connectivity index (χ4n) is 2.73. The molecule has 0 atom stereocenters. The Kier molecular flexibility index (Phi) is 4.44. The number of rotatable bonds is 4. The molecule has 0 saturated carbocycles. The van der Waals surface area contributed by atoms with Gasteiger partial charge in [-0.2, -0.15) is 0 Å². The fraction of sp³-hybridized carbons (Fsp3) is 0.353. The first-order valence-corrected chi connectivity index (χ1v) is 7.65. The van der Waals surface area contributed by atoms with Gasteiger partial charge in [0.2, 0.25) is 0 Å². The third-order valence-electron chi connectivity index (χ3n) is 3.84. The summed E-state index contributed by atoms with van der Waals surface area (Å²) in [6, 6.07) is 5.61. The van der Waals surface area contributed by atoms with Crippen molar-refractivity contribution in [1.82, 2.24) is 19.9 Å². The molecule has 0 amide bonds. The zero-order chi connectivity index (χ0) is 15.4. The highest BCUT2D eigenvalue weighted by molar-refractivity contribution is 5.66. The second-order valence-electron chi connectivity index (χ2n) is 5.51. The molecule has 0 spiro atoms. The molecule has 2 aromatic heterocycles. The molecule has 2 aromatic rings. The zero-order valence-electron chi connectivity index (χ0n) is 12.7. The summed E-state index contributed by atoms with van der Waals surface area (Å²) < 4.78 is 0. The third-order valence-corrected chi connectivity index (χ3v) is 3.84. The lowest BCUT2D eigenvalue weighted by molar-refractivity contribution is 0.288. The molecular formula is C17H20N4O. The van der Waals surface area contributed by atoms with E-state index in [-0.39, 0.29) is 5.56 Å². The summed E-state index contributed by atoms with van der Waals surface area (Å²) in [6.07, 6.45) is 7.73. The molecule has 1 N–H and O–H groups in total. The Balaban J connectivity index is 1.73. The predicted molar refractivity (Wildman–Crippen MR) is 86.3 cm³/mol. The van der Waals surface area contributed by atoms with Crippen molar-refractivity contribution in [1.29, 1.82) is 0 Å². The maximum atomic E-state index is 11.7. The van der Waals surface area contributed by atoms with Gasteiger partial charge in [-0.1, -0.05) is 19.1 Å². The van der Waals surface area contributed by atoms with E-state index in [0.717, 1.165) is 43.0 Å². The number of pyridine rings is 1. The molecule has 3 heterocycles. The number of aromatic amines is 1. The van der Waals surface area contributed by atoms with Crippen LogP contribution in [0.15, 0.2) is 41.5 Å². The number of aryl methyl sites for hydroxylation is 1. The van der Waals surface area contributed by atoms with Crippen LogP contribution in [0.3, 0.4) is 0 Å². The first kappa shape index (κ1) is 14.7. The number of nitrogens with zero attached hydrogens (tertiary/aromatic N) is 3. The summed E-state index contributed by atoms with van der Waals surface area (Å²) >= 11 is 0. The van der Waals surface area contributed by atoms with Crippen molar-refractivity contribution in [2.45, 2.75) is 26.3 Å². The molecule has 0 aliphatic carbocycles. The Hall–Kier alpha value is -2.27. The van der Waals surface area contributed by atoms with Crippen LogP contribution in [0.1, 0.15) is 30.4 Å². The molecule has 0 fully saturated rings. The largest absolute Gasteiger partial charge is 0.309 e. The highest BCUT2D eigenvalue weighted by Crippen LogP contribution is 2.20. The van der Waals surface area contributed by atoms with Crippen molar-refractivity contribution in [2.24, 2.45) is 0 Å². The Bertz CT molecular complexity index is 721. The molecule has 5 nitrogen and oxygen atoms in total. The highest BCUT2D eigenvalue weighted by Gasteiger charge is 2.15. The van der Waals surface area contributed by atoms with Crippen molar-refractivity contribution in [2.75, 3.05) is 13.1 Å². The summed E-state index contributed by atoms with van der Waals surface area (Å²) in [6.45, 7) is 4.51. The van der Waals surface area contributed by atoms with Gasteiger partial charge in [-0.05, 0) is 30.0 Å². The quantitative estimate of drug-likeness (QED) is 0.937. The standard InChI is InChI=1S/C17H20N4O/c1-2-15-9-17(22)20-16(19-15)12-21-8-4-6-14(11-21)13-5-3-7-18-10-13/h3,5-7,9-10H,2,4,8,11-12H2,1H3,(H,19,20,22). The molecule has 3 rings (SSSR count). The van der Waals surface area contributed by atoms with Gasteiger partial charge in [0.15, 0.2) is 0 Å². The van der Waals surface area contributed by atoms with Gasteiger partial charge in [0.05, 0.1) is 6.54 Å². The smallest absolute Gasteiger partial charge is 0.251 e. The number of aromatic nitrogens is 3. The van der Waals surface area contributed by atoms with Crippen LogP contribution in [-0.4, -0.2) is 32.9 Å². The monoisotopic (exact) mass is 296 g/mol. The van der Waals surface area contributed by atoms with Gasteiger partial charge in [-0.15, -0.1) is 0 Å². The molecular weight excluding hydrogens is 276 g/mol. The first-order valence-electron chi connectivity index (χ1n) is 7.65. The van der Waals surface area contributed by atoms with E-state index in [1.54, 1.807) is 12.3 Å². The Morgan fingerprint density at radius 2 is 2.32 bits per heavy atom. The molecule has 0 bridgehead atoms. The van der Waals surface area contributed by atoms with E-state index in [1.807, 2.05) is 19.2 Å². The molecule has 0 unspecified atom stereocenters. The topological polar surface area (TPSA) is 61.9 Å². The molecule has 5 heteroatoms. The van der Waals surface area contributed by atoms with Gasteiger partial charge in [0.25, 0.3) is 5.56 Å². The Morgan fingerprint density at radius 1 is 1.41 bits per heavy atom. The van der Waals surface area contributed by atoms with Crippen molar-refractivity contribution in [3.63, 3.8) is 0 Å². The second kappa shape index (κ2) is 6.66. The van der Waals surface area contributed by atoms with Crippen LogP contribution in [0.2, 0.25) is 0 Å². The molecule has 114 valence electrons. The van der Waals surface area contributed by atoms with Crippen LogP contribution >= 0.6 is 0 Å². The highest BCUT2D eigenvalue weighted by atomic mass is 16.1. The lowest BCUT2D eigenvalue weighted by atomic mass is 10.0. The van der Waals surface area contributed by atoms with Crippen molar-refractivity contribution in [3.8, 4) is 0 Å². The average Bonchev–Trinajstić information content (AvgIpc) is 2.55. The minimum absolute atomic E-state index is 0.0677. The number of nitrogens with one attached hydrogen (secondary N) is 1. The Labute approximate surface area is 129 Å². The first-order chi connectivity index (χ1) is 10.7. The van der Waals surface area contributed by atoms with Crippen molar-refractivity contribution < 1.29 is 0 Å². The summed E-state index contributed by atoms with van der Waals surface area (Å²) in [5, 5.41) is 0. The van der Waals surface area contributed by atoms with Gasteiger partial charge in [0, 0.05) is 37.2 Å². The minimum Gasteiger partial charge on any atom is -0.309 e. The summed E-state index contributed by atoms with van der Waals surface area (Å²) in [5.41, 5.74) is 3.23. The van der Waals surface area contributed by atoms with Gasteiger partial charge in [0.1, 0.15) is 5.82 Å². The van der Waals surface area contributed by atoms with Crippen LogP contribution in [0, 0.1) is 0 Å². The normalized spacial score (nSPS) is 15.6. The van der Waals surface area contributed by atoms with Crippen LogP contribution in [0.5, 0.6) is 0 Å². The fourth-order valence-corrected chi connectivity index (χ4v) is 2.73. The zero-order valence-corrected chi connectivity index (χ0v) is 12.7. The van der Waals surface area contributed by atoms with Crippen LogP contribution in [0.25, 0.3) is 5.57 Å². The SMILES string of the molecule is CCc1cc(=O)[nH]c(CN2CCC=C(c3cccnc3)C2)n1. The summed E-state index contributed by atoms with van der Waals surface area (Å²) in [4.78, 5) is 25.5. The molecule has 1 aliphatic rings. The lowest BCUT2D eigenvalue weighted by Gasteiger charge is -2.26. The van der Waals surface area contributed by atoms with Crippen molar-refractivity contribution in [3.05, 3.63) is 64.1 Å². The van der Waals surface area contributed by atoms with Gasteiger partial charge in [-0.25, -0.2) is 4.98 Å². The van der Waals surface area contributed by atoms with Crippen LogP contribution < -0.4 is 5.56 Å². The van der Waals surface area contributed by atoms with E-state index in [0.29, 0.717) is 6.54 Å². The molecule has 22 heavy (non-hydrogen) atoms. The third kappa shape index (κ3) is 3.49. The maximum absolute atomic E-state index is 11.7. The second-order valence-corrected chi connectivity index (χ2v) is 5.51. The number of H-pyrrole nitrogens is 1. The molecule has 1 aliphatic heterocycles. The van der Waals surface area contributed by atoms with Crippen LogP contribution in [0.4, 0.5) is 0 Å². The van der Waals surface area contributed by atoms with E-state index in [1.165, 1.54) is 5.57 Å². The van der Waals surface area contributed by atoms with E-state index >= 15 is 0 Å². The van der Waals surface area contributed by atoms with Gasteiger partial charge in [-0.3, -0.25) is 14.7 Å². The summed E-state index contributed by atoms with van der Waals surface area (Å²) in [5.74, 6) is 0.747. The van der Waals surface area contributed by atoms with Gasteiger partial charge >= 0.3 is 0 Å². The predicted octanol–water partition coefficient (Wildman–Crippen LogP) is 2.02. The number of hydrogen-bond donors (Lipinski definition) is 1. The van der Waals surface area contributed by atoms with E-state index < -0.39 is 0 Å². The van der Waals surface area contributed by atoms with Crippen LogP contribution in [-0.2, 0) is 13.0 Å². The maximum Gasteiger partial charge on any atom is 0.251 e. The van der Waals surface area contributed by atoms with Crippen molar-refractivity contribution >= 4 is 5.57 Å². The Morgan fingerprint density at radius 3 is 3.09 bits per heavy atom.